The second-order valence-electron chi connectivity index (χ2n) is 5.03. The van der Waals surface area contributed by atoms with Gasteiger partial charge in [-0.25, -0.2) is 0 Å². The van der Waals surface area contributed by atoms with Crippen LogP contribution in [0.25, 0.3) is 0 Å². The Labute approximate surface area is 112 Å². The van der Waals surface area contributed by atoms with Crippen LogP contribution in [0.2, 0.25) is 0 Å². The zero-order valence-corrected chi connectivity index (χ0v) is 10.8. The lowest BCUT2D eigenvalue weighted by atomic mass is 9.85. The number of anilines is 1. The van der Waals surface area contributed by atoms with Crippen LogP contribution >= 0.6 is 0 Å². The number of hydrogen-bond donors (Lipinski definition) is 1. The molecule has 4 heteroatoms. The number of fused-ring (bicyclic) bond motifs is 1. The molecule has 0 spiro atoms. The van der Waals surface area contributed by atoms with Gasteiger partial charge < -0.3 is 9.84 Å². The minimum Gasteiger partial charge on any atom is -0.497 e. The predicted molar refractivity (Wildman–Crippen MR) is 71.8 cm³/mol. The van der Waals surface area contributed by atoms with Crippen molar-refractivity contribution in [3.8, 4) is 5.75 Å². The van der Waals surface area contributed by atoms with Gasteiger partial charge in [0.25, 0.3) is 0 Å². The number of benzene rings is 1. The quantitative estimate of drug-likeness (QED) is 0.826. The highest BCUT2D eigenvalue weighted by Gasteiger charge is 2.47. The molecular formula is C15H17NO3. The van der Waals surface area contributed by atoms with Crippen LogP contribution in [0.3, 0.4) is 0 Å². The normalized spacial score (nSPS) is 29.5. The van der Waals surface area contributed by atoms with E-state index in [1.807, 2.05) is 18.2 Å². The molecule has 2 aliphatic rings. The lowest BCUT2D eigenvalue weighted by Gasteiger charge is -2.23. The minimum absolute atomic E-state index is 0.0135. The smallest absolute Gasteiger partial charge is 0.232 e. The van der Waals surface area contributed by atoms with Crippen LogP contribution in [0.4, 0.5) is 5.69 Å². The van der Waals surface area contributed by atoms with Gasteiger partial charge in [-0.1, -0.05) is 12.2 Å². The van der Waals surface area contributed by atoms with Crippen molar-refractivity contribution < 1.29 is 14.6 Å². The van der Waals surface area contributed by atoms with Crippen molar-refractivity contribution in [2.24, 2.45) is 11.8 Å². The van der Waals surface area contributed by atoms with E-state index in [-0.39, 0.29) is 17.7 Å². The molecule has 19 heavy (non-hydrogen) atoms. The number of rotatable bonds is 2. The fourth-order valence-corrected chi connectivity index (χ4v) is 2.97. The summed E-state index contributed by atoms with van der Waals surface area (Å²) < 4.78 is 5.10. The second-order valence-corrected chi connectivity index (χ2v) is 5.03. The third-order valence-corrected chi connectivity index (χ3v) is 4.03. The molecule has 1 heterocycles. The maximum Gasteiger partial charge on any atom is 0.232 e. The second kappa shape index (κ2) is 4.70. The Morgan fingerprint density at radius 2 is 1.89 bits per heavy atom. The van der Waals surface area contributed by atoms with Gasteiger partial charge >= 0.3 is 0 Å². The molecule has 4 nitrogen and oxygen atoms in total. The van der Waals surface area contributed by atoms with Gasteiger partial charge in [0, 0.05) is 17.5 Å². The number of allylic oxidation sites excluding steroid dienone is 2. The number of aliphatic hydroxyl groups excluding tert-OH is 1. The van der Waals surface area contributed by atoms with Crippen LogP contribution in [0.1, 0.15) is 12.8 Å². The van der Waals surface area contributed by atoms with E-state index in [0.29, 0.717) is 0 Å². The molecule has 0 saturated carbocycles. The van der Waals surface area contributed by atoms with Crippen LogP contribution in [-0.4, -0.2) is 24.4 Å². The highest BCUT2D eigenvalue weighted by atomic mass is 16.5. The molecule has 3 rings (SSSR count). The minimum atomic E-state index is -0.726. The van der Waals surface area contributed by atoms with Crippen molar-refractivity contribution in [2.75, 3.05) is 12.0 Å². The van der Waals surface area contributed by atoms with Gasteiger partial charge in [-0.15, -0.1) is 0 Å². The number of ether oxygens (including phenoxy) is 1. The first-order valence-corrected chi connectivity index (χ1v) is 6.52. The lowest BCUT2D eigenvalue weighted by Crippen LogP contribution is -2.35. The van der Waals surface area contributed by atoms with Crippen LogP contribution in [0.5, 0.6) is 5.75 Å². The molecule has 0 aromatic heterocycles. The van der Waals surface area contributed by atoms with Crippen molar-refractivity contribution in [1.29, 1.82) is 0 Å². The van der Waals surface area contributed by atoms with E-state index in [9.17, 15) is 9.90 Å². The predicted octanol–water partition coefficient (Wildman–Crippen LogP) is 1.94. The van der Waals surface area contributed by atoms with Crippen molar-refractivity contribution in [2.45, 2.75) is 19.1 Å². The van der Waals surface area contributed by atoms with Gasteiger partial charge in [0.15, 0.2) is 0 Å². The number of methoxy groups -OCH3 is 1. The highest BCUT2D eigenvalue weighted by Crippen LogP contribution is 2.40. The molecule has 100 valence electrons. The molecular weight excluding hydrogens is 242 g/mol. The Balaban J connectivity index is 1.90. The molecule has 1 N–H and O–H groups in total. The Kier molecular flexibility index (Phi) is 3.03. The van der Waals surface area contributed by atoms with E-state index in [1.165, 1.54) is 4.90 Å². The fourth-order valence-electron chi connectivity index (χ4n) is 2.97. The van der Waals surface area contributed by atoms with Crippen LogP contribution < -0.4 is 9.64 Å². The van der Waals surface area contributed by atoms with E-state index >= 15 is 0 Å². The molecule has 1 aliphatic heterocycles. The molecule has 0 unspecified atom stereocenters. The van der Waals surface area contributed by atoms with Gasteiger partial charge in [-0.05, 0) is 37.1 Å². The molecule has 1 aliphatic carbocycles. The summed E-state index contributed by atoms with van der Waals surface area (Å²) >= 11 is 0. The van der Waals surface area contributed by atoms with E-state index in [2.05, 4.69) is 6.08 Å². The Morgan fingerprint density at radius 1 is 1.21 bits per heavy atom. The zero-order chi connectivity index (χ0) is 13.4. The number of hydrogen-bond acceptors (Lipinski definition) is 3. The molecule has 1 aromatic rings. The van der Waals surface area contributed by atoms with Crippen LogP contribution in [0.15, 0.2) is 36.4 Å². The third kappa shape index (κ3) is 1.92. The Morgan fingerprint density at radius 3 is 2.53 bits per heavy atom. The number of aliphatic hydroxyl groups is 1. The average molecular weight is 259 g/mol. The summed E-state index contributed by atoms with van der Waals surface area (Å²) in [5.74, 6) is 0.692. The molecule has 1 aromatic carbocycles. The van der Waals surface area contributed by atoms with Gasteiger partial charge in [0.2, 0.25) is 5.91 Å². The van der Waals surface area contributed by atoms with Gasteiger partial charge in [0.05, 0.1) is 7.11 Å². The van der Waals surface area contributed by atoms with E-state index in [1.54, 1.807) is 19.2 Å². The summed E-state index contributed by atoms with van der Waals surface area (Å²) in [6.07, 6.45) is 4.85. The molecule has 3 atom stereocenters. The Hall–Kier alpha value is -1.81. The molecule has 1 amide bonds. The summed E-state index contributed by atoms with van der Waals surface area (Å²) in [6, 6.07) is 7.22. The maximum atomic E-state index is 12.4. The molecule has 0 bridgehead atoms. The van der Waals surface area contributed by atoms with E-state index < -0.39 is 6.23 Å². The van der Waals surface area contributed by atoms with Crippen molar-refractivity contribution in [1.82, 2.24) is 0 Å². The summed E-state index contributed by atoms with van der Waals surface area (Å²) in [6.45, 7) is 0. The summed E-state index contributed by atoms with van der Waals surface area (Å²) in [4.78, 5) is 13.9. The first kappa shape index (κ1) is 12.2. The van der Waals surface area contributed by atoms with Crippen molar-refractivity contribution in [3.63, 3.8) is 0 Å². The zero-order valence-electron chi connectivity index (χ0n) is 10.8. The maximum absolute atomic E-state index is 12.4. The monoisotopic (exact) mass is 259 g/mol. The topological polar surface area (TPSA) is 49.8 Å². The number of carbonyl (C=O) groups excluding carboxylic acids is 1. The van der Waals surface area contributed by atoms with Crippen molar-refractivity contribution >= 4 is 11.6 Å². The average Bonchev–Trinajstić information content (AvgIpc) is 2.72. The first-order valence-electron chi connectivity index (χ1n) is 6.52. The van der Waals surface area contributed by atoms with E-state index in [0.717, 1.165) is 24.3 Å². The van der Waals surface area contributed by atoms with Crippen LogP contribution in [0, 0.1) is 11.8 Å². The number of nitrogens with zero attached hydrogens (tertiary/aromatic N) is 1. The van der Waals surface area contributed by atoms with Crippen LogP contribution in [-0.2, 0) is 4.79 Å². The highest BCUT2D eigenvalue weighted by molar-refractivity contribution is 5.98. The number of amides is 1. The van der Waals surface area contributed by atoms with Gasteiger partial charge in [-0.2, -0.15) is 0 Å². The molecule has 1 saturated heterocycles. The molecule has 0 radical (unpaired) electrons. The Bertz CT molecular complexity index is 509. The largest absolute Gasteiger partial charge is 0.497 e. The lowest BCUT2D eigenvalue weighted by molar-refractivity contribution is -0.121. The summed E-state index contributed by atoms with van der Waals surface area (Å²) in [5.41, 5.74) is 0.729. The fraction of sp³-hybridized carbons (Fsp3) is 0.400. The van der Waals surface area contributed by atoms with Crippen molar-refractivity contribution in [3.05, 3.63) is 36.4 Å². The standard InChI is InChI=1S/C15H17NO3/c1-19-11-8-6-10(7-9-11)16-14(17)12-4-2-3-5-13(12)15(16)18/h2-3,6-9,12-14,17H,4-5H2,1H3/t12-,13+,14-/m1/s1. The van der Waals surface area contributed by atoms with Gasteiger partial charge in [0.1, 0.15) is 12.0 Å². The first-order chi connectivity index (χ1) is 9.22. The number of carbonyl (C=O) groups is 1. The summed E-state index contributed by atoms with van der Waals surface area (Å²) in [5, 5.41) is 10.4. The third-order valence-electron chi connectivity index (χ3n) is 4.03. The molecule has 1 fully saturated rings. The SMILES string of the molecule is COc1ccc(N2C(=O)[C@H]3CC=CC[C@H]3[C@H]2O)cc1. The summed E-state index contributed by atoms with van der Waals surface area (Å²) in [7, 11) is 1.60. The van der Waals surface area contributed by atoms with E-state index in [4.69, 9.17) is 4.74 Å². The van der Waals surface area contributed by atoms with Gasteiger partial charge in [-0.3, -0.25) is 9.69 Å².